The lowest BCUT2D eigenvalue weighted by Crippen LogP contribution is -1.91. The smallest absolute Gasteiger partial charge is 0.136 e. The minimum Gasteiger partial charge on any atom is -0.360 e. The van der Waals surface area contributed by atoms with Gasteiger partial charge in [-0.2, -0.15) is 5.26 Å². The van der Waals surface area contributed by atoms with Crippen LogP contribution >= 0.6 is 49.9 Å². The molecule has 0 radical (unpaired) electrons. The topological polar surface area (TPSA) is 48.7 Å². The number of nitrogens with zero attached hydrogens (tertiary/aromatic N) is 2. The number of anilines is 1. The molecule has 0 amide bonds. The zero-order valence-corrected chi connectivity index (χ0v) is 16.9. The van der Waals surface area contributed by atoms with Gasteiger partial charge in [-0.05, 0) is 59.0 Å². The maximum Gasteiger partial charge on any atom is 0.136 e. The summed E-state index contributed by atoms with van der Waals surface area (Å²) in [6, 6.07) is 18.1. The molecule has 24 heavy (non-hydrogen) atoms. The molecule has 1 N–H and O–H groups in total. The molecule has 0 saturated heterocycles. The molecule has 0 bridgehead atoms. The van der Waals surface area contributed by atoms with Crippen molar-refractivity contribution in [2.75, 3.05) is 5.32 Å². The number of benzene rings is 2. The second kappa shape index (κ2) is 7.92. The van der Waals surface area contributed by atoms with Crippen molar-refractivity contribution in [3.63, 3.8) is 0 Å². The van der Waals surface area contributed by atoms with E-state index in [1.54, 1.807) is 6.20 Å². The molecule has 0 aliphatic rings. The molecule has 0 spiro atoms. The number of hydrogen-bond acceptors (Lipinski definition) is 4. The summed E-state index contributed by atoms with van der Waals surface area (Å²) in [7, 11) is 0. The zero-order valence-electron chi connectivity index (χ0n) is 12.3. The average molecular weight is 508 g/mol. The molecule has 3 nitrogen and oxygen atoms in total. The molecule has 6 heteroatoms. The molecule has 0 atom stereocenters. The summed E-state index contributed by atoms with van der Waals surface area (Å²) < 4.78 is 2.20. The third kappa shape index (κ3) is 4.23. The van der Waals surface area contributed by atoms with E-state index in [0.717, 1.165) is 21.4 Å². The van der Waals surface area contributed by atoms with Gasteiger partial charge in [-0.3, -0.25) is 0 Å². The molecule has 0 unspecified atom stereocenters. The Morgan fingerprint density at radius 3 is 2.54 bits per heavy atom. The van der Waals surface area contributed by atoms with Gasteiger partial charge in [0.15, 0.2) is 0 Å². The molecule has 1 heterocycles. The minimum absolute atomic E-state index is 0.516. The number of rotatable bonds is 4. The van der Waals surface area contributed by atoms with Crippen LogP contribution in [0.2, 0.25) is 0 Å². The monoisotopic (exact) mass is 507 g/mol. The number of allylic oxidation sites excluding steroid dienone is 1. The summed E-state index contributed by atoms with van der Waals surface area (Å²) in [6.07, 6.45) is 1.70. The van der Waals surface area contributed by atoms with Gasteiger partial charge in [-0.25, -0.2) is 4.98 Å². The molecule has 3 aromatic rings. The van der Waals surface area contributed by atoms with Crippen LogP contribution in [-0.4, -0.2) is 4.98 Å². The fourth-order valence-corrected chi connectivity index (χ4v) is 3.41. The SMILES string of the molecule is N#C/C(=C\Nc1ccc(I)cc1)c1nc(-c2ccc(Br)cc2)cs1. The fourth-order valence-electron chi connectivity index (χ4n) is 1.99. The summed E-state index contributed by atoms with van der Waals surface area (Å²) in [5.41, 5.74) is 3.36. The first-order chi connectivity index (χ1) is 11.7. The lowest BCUT2D eigenvalue weighted by molar-refractivity contribution is 1.36. The van der Waals surface area contributed by atoms with Crippen molar-refractivity contribution >= 4 is 61.1 Å². The van der Waals surface area contributed by atoms with Gasteiger partial charge in [-0.15, -0.1) is 11.3 Å². The van der Waals surface area contributed by atoms with Crippen LogP contribution in [0.25, 0.3) is 16.8 Å². The molecule has 118 valence electrons. The van der Waals surface area contributed by atoms with Crippen LogP contribution in [0.1, 0.15) is 5.01 Å². The Morgan fingerprint density at radius 1 is 1.17 bits per heavy atom. The molecular formula is C18H11BrIN3S. The molecule has 0 fully saturated rings. The first-order valence-electron chi connectivity index (χ1n) is 7.00. The Kier molecular flexibility index (Phi) is 5.66. The Bertz CT molecular complexity index is 909. The predicted octanol–water partition coefficient (Wildman–Crippen LogP) is 6.15. The molecule has 3 rings (SSSR count). The maximum absolute atomic E-state index is 9.42. The standard InChI is InChI=1S/C18H11BrIN3S/c19-14-3-1-12(2-4-14)17-11-24-18(23-17)13(9-21)10-22-16-7-5-15(20)6-8-16/h1-8,10-11,22H/b13-10+. The highest BCUT2D eigenvalue weighted by atomic mass is 127. The lowest BCUT2D eigenvalue weighted by atomic mass is 10.2. The van der Waals surface area contributed by atoms with Crippen LogP contribution in [-0.2, 0) is 0 Å². The van der Waals surface area contributed by atoms with Crippen molar-refractivity contribution in [3.05, 3.63) is 73.2 Å². The van der Waals surface area contributed by atoms with Gasteiger partial charge in [0, 0.05) is 30.9 Å². The van der Waals surface area contributed by atoms with E-state index in [0.29, 0.717) is 10.6 Å². The number of nitriles is 1. The van der Waals surface area contributed by atoms with E-state index in [1.807, 2.05) is 53.9 Å². The van der Waals surface area contributed by atoms with Gasteiger partial charge in [0.1, 0.15) is 16.6 Å². The highest BCUT2D eigenvalue weighted by Gasteiger charge is 2.09. The van der Waals surface area contributed by atoms with Crippen LogP contribution in [0.5, 0.6) is 0 Å². The van der Waals surface area contributed by atoms with Gasteiger partial charge in [0.05, 0.1) is 5.69 Å². The molecule has 0 aliphatic heterocycles. The van der Waals surface area contributed by atoms with Crippen molar-refractivity contribution < 1.29 is 0 Å². The van der Waals surface area contributed by atoms with Crippen LogP contribution < -0.4 is 5.32 Å². The van der Waals surface area contributed by atoms with Gasteiger partial charge in [-0.1, -0.05) is 28.1 Å². The van der Waals surface area contributed by atoms with Crippen molar-refractivity contribution in [2.24, 2.45) is 0 Å². The normalized spacial score (nSPS) is 11.1. The molecule has 1 aromatic heterocycles. The van der Waals surface area contributed by atoms with Gasteiger partial charge < -0.3 is 5.32 Å². The minimum atomic E-state index is 0.516. The van der Waals surface area contributed by atoms with E-state index in [1.165, 1.54) is 14.9 Å². The van der Waals surface area contributed by atoms with Crippen molar-refractivity contribution in [1.29, 1.82) is 5.26 Å². The van der Waals surface area contributed by atoms with E-state index in [2.05, 4.69) is 54.9 Å². The van der Waals surface area contributed by atoms with Crippen molar-refractivity contribution in [2.45, 2.75) is 0 Å². The highest BCUT2D eigenvalue weighted by Crippen LogP contribution is 2.27. The third-order valence-electron chi connectivity index (χ3n) is 3.22. The number of hydrogen-bond donors (Lipinski definition) is 1. The second-order valence-electron chi connectivity index (χ2n) is 4.87. The molecule has 2 aromatic carbocycles. The Balaban J connectivity index is 1.81. The lowest BCUT2D eigenvalue weighted by Gasteiger charge is -2.01. The number of thiazole rings is 1. The Morgan fingerprint density at radius 2 is 1.88 bits per heavy atom. The van der Waals surface area contributed by atoms with Crippen LogP contribution in [0.3, 0.4) is 0 Å². The van der Waals surface area contributed by atoms with E-state index < -0.39 is 0 Å². The molecule has 0 saturated carbocycles. The zero-order chi connectivity index (χ0) is 16.9. The molecule has 0 aliphatic carbocycles. The number of nitrogens with one attached hydrogen (secondary N) is 1. The van der Waals surface area contributed by atoms with Gasteiger partial charge in [0.2, 0.25) is 0 Å². The molecular weight excluding hydrogens is 497 g/mol. The van der Waals surface area contributed by atoms with Gasteiger partial charge >= 0.3 is 0 Å². The largest absolute Gasteiger partial charge is 0.360 e. The third-order valence-corrected chi connectivity index (χ3v) is 5.35. The summed E-state index contributed by atoms with van der Waals surface area (Å²) >= 11 is 7.15. The summed E-state index contributed by atoms with van der Waals surface area (Å²) in [6.45, 7) is 0. The van der Waals surface area contributed by atoms with E-state index in [4.69, 9.17) is 0 Å². The first kappa shape index (κ1) is 17.1. The van der Waals surface area contributed by atoms with Crippen LogP contribution in [0.4, 0.5) is 5.69 Å². The maximum atomic E-state index is 9.42. The Labute approximate surface area is 166 Å². The summed E-state index contributed by atoms with van der Waals surface area (Å²) in [4.78, 5) is 4.58. The van der Waals surface area contributed by atoms with E-state index >= 15 is 0 Å². The van der Waals surface area contributed by atoms with Crippen molar-refractivity contribution in [3.8, 4) is 17.3 Å². The average Bonchev–Trinajstić information content (AvgIpc) is 3.08. The Hall–Kier alpha value is -1.69. The number of aromatic nitrogens is 1. The van der Waals surface area contributed by atoms with E-state index in [9.17, 15) is 5.26 Å². The first-order valence-corrected chi connectivity index (χ1v) is 9.75. The summed E-state index contributed by atoms with van der Waals surface area (Å²) in [5, 5.41) is 15.2. The quantitative estimate of drug-likeness (QED) is 0.340. The van der Waals surface area contributed by atoms with Gasteiger partial charge in [0.25, 0.3) is 0 Å². The second-order valence-corrected chi connectivity index (χ2v) is 7.89. The number of halogens is 2. The van der Waals surface area contributed by atoms with Crippen molar-refractivity contribution in [1.82, 2.24) is 4.98 Å². The van der Waals surface area contributed by atoms with Crippen LogP contribution in [0.15, 0.2) is 64.6 Å². The fraction of sp³-hybridized carbons (Fsp3) is 0. The van der Waals surface area contributed by atoms with E-state index in [-0.39, 0.29) is 0 Å². The predicted molar refractivity (Wildman–Crippen MR) is 112 cm³/mol. The summed E-state index contributed by atoms with van der Waals surface area (Å²) in [5.74, 6) is 0. The van der Waals surface area contributed by atoms with Crippen LogP contribution in [0, 0.1) is 14.9 Å². The highest BCUT2D eigenvalue weighted by molar-refractivity contribution is 14.1.